The molecule has 0 saturated carbocycles. The zero-order valence-corrected chi connectivity index (χ0v) is 14.5. The van der Waals surface area contributed by atoms with Crippen LogP contribution < -0.4 is 10.6 Å². The number of benzene rings is 1. The largest absolute Gasteiger partial charge is 0.479 e. The quantitative estimate of drug-likeness (QED) is 0.698. The summed E-state index contributed by atoms with van der Waals surface area (Å²) in [5, 5.41) is 14.5. The third kappa shape index (κ3) is 5.29. The molecular formula is C18H24N2O5. The van der Waals surface area contributed by atoms with Crippen LogP contribution in [0, 0.1) is 5.92 Å². The first-order valence-electron chi connectivity index (χ1n) is 8.46. The Morgan fingerprint density at radius 2 is 2.00 bits per heavy atom. The average Bonchev–Trinajstić information content (AvgIpc) is 3.09. The van der Waals surface area contributed by atoms with Crippen LogP contribution in [0.15, 0.2) is 24.3 Å². The smallest absolute Gasteiger partial charge is 0.332 e. The molecule has 3 atom stereocenters. The standard InChI is InChI=1S/C18H24N2O5/c1-3-11(2)16(21)20-13-6-4-5-12(9-13)10-19-17(22)14-7-8-15(25-14)18(23)24/h4-6,9,11,14-15H,3,7-8,10H2,1-2H3,(H,19,22)(H,20,21)(H,23,24)/t11?,14-,15+/m0/s1. The lowest BCUT2D eigenvalue weighted by molar-refractivity contribution is -0.151. The number of carboxylic acids is 1. The van der Waals surface area contributed by atoms with E-state index < -0.39 is 18.2 Å². The number of aliphatic carboxylic acids is 1. The van der Waals surface area contributed by atoms with Gasteiger partial charge in [-0.05, 0) is 37.0 Å². The molecule has 2 amide bonds. The molecule has 0 spiro atoms. The van der Waals surface area contributed by atoms with Gasteiger partial charge >= 0.3 is 5.97 Å². The minimum Gasteiger partial charge on any atom is -0.479 e. The Hall–Kier alpha value is -2.41. The molecule has 25 heavy (non-hydrogen) atoms. The summed E-state index contributed by atoms with van der Waals surface area (Å²) >= 11 is 0. The van der Waals surface area contributed by atoms with Crippen LogP contribution in [0.25, 0.3) is 0 Å². The summed E-state index contributed by atoms with van der Waals surface area (Å²) in [6.07, 6.45) is -0.136. The molecule has 1 unspecified atom stereocenters. The van der Waals surface area contributed by atoms with Gasteiger partial charge in [-0.2, -0.15) is 0 Å². The molecule has 0 aromatic heterocycles. The first kappa shape index (κ1) is 18.9. The molecule has 1 aliphatic heterocycles. The van der Waals surface area contributed by atoms with Crippen molar-refractivity contribution in [1.29, 1.82) is 0 Å². The van der Waals surface area contributed by atoms with Crippen LogP contribution in [0.5, 0.6) is 0 Å². The number of carbonyl (C=O) groups excluding carboxylic acids is 2. The molecule has 1 saturated heterocycles. The van der Waals surface area contributed by atoms with Gasteiger partial charge in [0.2, 0.25) is 11.8 Å². The highest BCUT2D eigenvalue weighted by atomic mass is 16.5. The topological polar surface area (TPSA) is 105 Å². The SMILES string of the molecule is CCC(C)C(=O)Nc1cccc(CNC(=O)[C@@H]2CC[C@H](C(=O)O)O2)c1. The van der Waals surface area contributed by atoms with Crippen molar-refractivity contribution >= 4 is 23.5 Å². The summed E-state index contributed by atoms with van der Waals surface area (Å²) < 4.78 is 5.22. The molecule has 0 radical (unpaired) electrons. The summed E-state index contributed by atoms with van der Waals surface area (Å²) in [7, 11) is 0. The van der Waals surface area contributed by atoms with E-state index in [-0.39, 0.29) is 24.3 Å². The van der Waals surface area contributed by atoms with Crippen molar-refractivity contribution < 1.29 is 24.2 Å². The molecule has 1 aliphatic rings. The lowest BCUT2D eigenvalue weighted by Crippen LogP contribution is -2.35. The van der Waals surface area contributed by atoms with Gasteiger partial charge in [0.1, 0.15) is 6.10 Å². The van der Waals surface area contributed by atoms with Crippen LogP contribution in [-0.2, 0) is 25.7 Å². The number of amides is 2. The Bertz CT molecular complexity index is 646. The van der Waals surface area contributed by atoms with Crippen LogP contribution in [0.1, 0.15) is 38.7 Å². The summed E-state index contributed by atoms with van der Waals surface area (Å²) in [5.74, 6) is -1.47. The van der Waals surface area contributed by atoms with Crippen molar-refractivity contribution in [3.8, 4) is 0 Å². The van der Waals surface area contributed by atoms with Crippen molar-refractivity contribution in [2.75, 3.05) is 5.32 Å². The number of ether oxygens (including phenoxy) is 1. The lowest BCUT2D eigenvalue weighted by atomic mass is 10.1. The third-order valence-electron chi connectivity index (χ3n) is 4.31. The molecule has 1 aromatic carbocycles. The normalized spacial score (nSPS) is 20.7. The van der Waals surface area contributed by atoms with Gasteiger partial charge in [0.25, 0.3) is 0 Å². The molecule has 1 heterocycles. The summed E-state index contributed by atoms with van der Waals surface area (Å²) in [6, 6.07) is 7.24. The zero-order chi connectivity index (χ0) is 18.4. The maximum Gasteiger partial charge on any atom is 0.332 e. The fraction of sp³-hybridized carbons (Fsp3) is 0.500. The molecule has 1 aromatic rings. The van der Waals surface area contributed by atoms with E-state index in [0.717, 1.165) is 12.0 Å². The number of anilines is 1. The van der Waals surface area contributed by atoms with Gasteiger partial charge in [-0.15, -0.1) is 0 Å². The number of carboxylic acid groups (broad SMARTS) is 1. The van der Waals surface area contributed by atoms with Crippen molar-refractivity contribution in [3.63, 3.8) is 0 Å². The maximum atomic E-state index is 12.1. The predicted molar refractivity (Wildman–Crippen MR) is 91.9 cm³/mol. The van der Waals surface area contributed by atoms with Gasteiger partial charge in [0.05, 0.1) is 0 Å². The molecule has 1 fully saturated rings. The monoisotopic (exact) mass is 348 g/mol. The highest BCUT2D eigenvalue weighted by molar-refractivity contribution is 5.92. The Morgan fingerprint density at radius 3 is 2.64 bits per heavy atom. The molecule has 136 valence electrons. The van der Waals surface area contributed by atoms with Gasteiger partial charge in [0.15, 0.2) is 6.10 Å². The number of hydrogen-bond acceptors (Lipinski definition) is 4. The molecule has 7 heteroatoms. The second-order valence-electron chi connectivity index (χ2n) is 6.25. The highest BCUT2D eigenvalue weighted by Gasteiger charge is 2.34. The first-order chi connectivity index (χ1) is 11.9. The van der Waals surface area contributed by atoms with Crippen molar-refractivity contribution in [1.82, 2.24) is 5.32 Å². The van der Waals surface area contributed by atoms with E-state index >= 15 is 0 Å². The van der Waals surface area contributed by atoms with E-state index in [9.17, 15) is 14.4 Å². The van der Waals surface area contributed by atoms with Crippen LogP contribution in [0.4, 0.5) is 5.69 Å². The van der Waals surface area contributed by atoms with Crippen LogP contribution in [0.3, 0.4) is 0 Å². The molecular weight excluding hydrogens is 324 g/mol. The number of rotatable bonds is 7. The van der Waals surface area contributed by atoms with Crippen LogP contribution >= 0.6 is 0 Å². The first-order valence-corrected chi connectivity index (χ1v) is 8.46. The second kappa shape index (κ2) is 8.62. The minimum absolute atomic E-state index is 0.0391. The van der Waals surface area contributed by atoms with Crippen molar-refractivity contribution in [2.24, 2.45) is 5.92 Å². The average molecular weight is 348 g/mol. The second-order valence-corrected chi connectivity index (χ2v) is 6.25. The van der Waals surface area contributed by atoms with Crippen LogP contribution in [-0.4, -0.2) is 35.1 Å². The molecule has 2 rings (SSSR count). The number of hydrogen-bond donors (Lipinski definition) is 3. The van der Waals surface area contributed by atoms with E-state index in [0.29, 0.717) is 18.5 Å². The Balaban J connectivity index is 1.87. The van der Waals surface area contributed by atoms with E-state index in [2.05, 4.69) is 10.6 Å². The molecule has 0 bridgehead atoms. The maximum absolute atomic E-state index is 12.1. The van der Waals surface area contributed by atoms with E-state index in [1.165, 1.54) is 0 Å². The third-order valence-corrected chi connectivity index (χ3v) is 4.31. The van der Waals surface area contributed by atoms with Gasteiger partial charge in [-0.3, -0.25) is 9.59 Å². The van der Waals surface area contributed by atoms with Gasteiger partial charge in [-0.1, -0.05) is 26.0 Å². The number of carbonyl (C=O) groups is 3. The molecule has 7 nitrogen and oxygen atoms in total. The fourth-order valence-corrected chi connectivity index (χ4v) is 2.52. The number of nitrogens with one attached hydrogen (secondary N) is 2. The Kier molecular flexibility index (Phi) is 6.52. The van der Waals surface area contributed by atoms with E-state index in [1.807, 2.05) is 19.9 Å². The van der Waals surface area contributed by atoms with E-state index in [4.69, 9.17) is 9.84 Å². The summed E-state index contributed by atoms with van der Waals surface area (Å²) in [6.45, 7) is 4.10. The van der Waals surface area contributed by atoms with Gasteiger partial charge in [-0.25, -0.2) is 4.79 Å². The zero-order valence-electron chi connectivity index (χ0n) is 14.5. The lowest BCUT2D eigenvalue weighted by Gasteiger charge is -2.13. The molecule has 3 N–H and O–H groups in total. The summed E-state index contributed by atoms with van der Waals surface area (Å²) in [5.41, 5.74) is 1.52. The Morgan fingerprint density at radius 1 is 1.28 bits per heavy atom. The fourth-order valence-electron chi connectivity index (χ4n) is 2.52. The van der Waals surface area contributed by atoms with Crippen molar-refractivity contribution in [2.45, 2.75) is 51.9 Å². The minimum atomic E-state index is -1.04. The summed E-state index contributed by atoms with van der Waals surface area (Å²) in [4.78, 5) is 34.9. The Labute approximate surface area is 146 Å². The van der Waals surface area contributed by atoms with Gasteiger partial charge in [0, 0.05) is 18.2 Å². The predicted octanol–water partition coefficient (Wildman–Crippen LogP) is 1.92. The van der Waals surface area contributed by atoms with Gasteiger partial charge < -0.3 is 20.5 Å². The van der Waals surface area contributed by atoms with Crippen LogP contribution in [0.2, 0.25) is 0 Å². The molecule has 0 aliphatic carbocycles. The van der Waals surface area contributed by atoms with Crippen molar-refractivity contribution in [3.05, 3.63) is 29.8 Å². The highest BCUT2D eigenvalue weighted by Crippen LogP contribution is 2.20. The van der Waals surface area contributed by atoms with E-state index in [1.54, 1.807) is 18.2 Å².